The van der Waals surface area contributed by atoms with Crippen LogP contribution in [0.1, 0.15) is 72.9 Å². The maximum atomic E-state index is 14.2. The van der Waals surface area contributed by atoms with Gasteiger partial charge in [0.25, 0.3) is 0 Å². The number of fused-ring (bicyclic) bond motifs is 1. The van der Waals surface area contributed by atoms with E-state index >= 15 is 0 Å². The van der Waals surface area contributed by atoms with Gasteiger partial charge in [-0.2, -0.15) is 0 Å². The number of aryl methyl sites for hydroxylation is 2. The van der Waals surface area contributed by atoms with E-state index in [-0.39, 0.29) is 17.7 Å². The number of benzene rings is 1. The molecule has 2 saturated heterocycles. The molecule has 1 N–H and O–H groups in total. The van der Waals surface area contributed by atoms with Crippen LogP contribution in [-0.2, 0) is 4.79 Å². The van der Waals surface area contributed by atoms with Crippen LogP contribution in [0.15, 0.2) is 42.6 Å². The van der Waals surface area contributed by atoms with Crippen LogP contribution in [0.25, 0.3) is 5.65 Å². The van der Waals surface area contributed by atoms with Gasteiger partial charge >= 0.3 is 5.97 Å². The second-order valence-electron chi connectivity index (χ2n) is 12.4. The molecule has 2 aromatic heterocycles. The minimum atomic E-state index is -0.708. The number of aliphatic carboxylic acids is 1. The summed E-state index contributed by atoms with van der Waals surface area (Å²) in [5, 5.41) is 10.1. The highest BCUT2D eigenvalue weighted by atomic mass is 19.1. The molecule has 3 aromatic rings. The number of aromatic nitrogens is 2. The first-order chi connectivity index (χ1) is 18.9. The Bertz CT molecular complexity index is 1330. The molecule has 3 fully saturated rings. The Kier molecular flexibility index (Phi) is 7.47. The molecule has 0 radical (unpaired) electrons. The fraction of sp³-hybridized carbons (Fsp3) is 0.562. The van der Waals surface area contributed by atoms with Crippen LogP contribution in [0.2, 0.25) is 0 Å². The normalized spacial score (nSPS) is 24.3. The molecule has 0 unspecified atom stereocenters. The lowest BCUT2D eigenvalue weighted by Gasteiger charge is -2.35. The van der Waals surface area contributed by atoms with Gasteiger partial charge in [0.2, 0.25) is 0 Å². The molecule has 208 valence electrons. The number of hydrogen-bond acceptors (Lipinski definition) is 4. The van der Waals surface area contributed by atoms with Gasteiger partial charge in [-0.25, -0.2) is 9.37 Å². The number of carboxylic acids is 1. The average molecular weight is 533 g/mol. The van der Waals surface area contributed by atoms with Crippen molar-refractivity contribution in [3.8, 4) is 0 Å². The molecule has 39 heavy (non-hydrogen) atoms. The fourth-order valence-corrected chi connectivity index (χ4v) is 7.45. The quantitative estimate of drug-likeness (QED) is 0.408. The minimum Gasteiger partial charge on any atom is -0.480 e. The number of pyridine rings is 1. The number of piperidine rings is 1. The first-order valence-electron chi connectivity index (χ1n) is 14.7. The van der Waals surface area contributed by atoms with Gasteiger partial charge in [0.1, 0.15) is 17.5 Å². The van der Waals surface area contributed by atoms with Gasteiger partial charge in [0.15, 0.2) is 0 Å². The van der Waals surface area contributed by atoms with Crippen molar-refractivity contribution in [1.82, 2.24) is 19.2 Å². The van der Waals surface area contributed by atoms with Crippen molar-refractivity contribution in [1.29, 1.82) is 0 Å². The number of rotatable bonds is 8. The molecule has 3 atom stereocenters. The maximum absolute atomic E-state index is 14.2. The van der Waals surface area contributed by atoms with E-state index in [0.29, 0.717) is 18.4 Å². The molecule has 1 aliphatic carbocycles. The molecule has 4 heterocycles. The molecule has 3 aliphatic rings. The molecular formula is C32H41FN4O2. The third-order valence-corrected chi connectivity index (χ3v) is 9.71. The maximum Gasteiger partial charge on any atom is 0.320 e. The van der Waals surface area contributed by atoms with Gasteiger partial charge in [0, 0.05) is 49.1 Å². The zero-order valence-electron chi connectivity index (χ0n) is 23.2. The van der Waals surface area contributed by atoms with Crippen LogP contribution < -0.4 is 0 Å². The van der Waals surface area contributed by atoms with Crippen molar-refractivity contribution in [2.24, 2.45) is 11.8 Å². The Morgan fingerprint density at radius 1 is 1.10 bits per heavy atom. The summed E-state index contributed by atoms with van der Waals surface area (Å²) in [7, 11) is 0. The lowest BCUT2D eigenvalue weighted by molar-refractivity contribution is -0.144. The fourth-order valence-electron chi connectivity index (χ4n) is 7.45. The monoisotopic (exact) mass is 532 g/mol. The summed E-state index contributed by atoms with van der Waals surface area (Å²) in [5.74, 6) is 0.520. The highest BCUT2D eigenvalue weighted by Crippen LogP contribution is 2.39. The minimum absolute atomic E-state index is 0.145. The number of imidazole rings is 1. The highest BCUT2D eigenvalue weighted by molar-refractivity contribution is 5.73. The van der Waals surface area contributed by atoms with Crippen LogP contribution in [-0.4, -0.2) is 69.0 Å². The van der Waals surface area contributed by atoms with Crippen molar-refractivity contribution < 1.29 is 14.3 Å². The Balaban J connectivity index is 1.16. The zero-order chi connectivity index (χ0) is 27.1. The van der Waals surface area contributed by atoms with Crippen LogP contribution in [0.3, 0.4) is 0 Å². The van der Waals surface area contributed by atoms with E-state index in [1.807, 2.05) is 6.07 Å². The van der Waals surface area contributed by atoms with E-state index in [1.165, 1.54) is 29.4 Å². The molecule has 6 nitrogen and oxygen atoms in total. The van der Waals surface area contributed by atoms with Gasteiger partial charge in [-0.05, 0) is 93.4 Å². The smallest absolute Gasteiger partial charge is 0.320 e. The molecule has 1 saturated carbocycles. The van der Waals surface area contributed by atoms with Crippen molar-refractivity contribution in [2.75, 3.05) is 32.7 Å². The summed E-state index contributed by atoms with van der Waals surface area (Å²) in [6, 6.07) is 10.9. The number of carbonyl (C=O) groups is 1. The first-order valence-corrected chi connectivity index (χ1v) is 14.7. The van der Waals surface area contributed by atoms with Crippen molar-refractivity contribution in [2.45, 2.75) is 70.3 Å². The number of likely N-dealkylation sites (tertiary alicyclic amines) is 2. The first kappa shape index (κ1) is 26.5. The standard InChI is InChI=1S/C32H41FN4O2/c1-21-13-22(2)37-30(17-34-31(37)14-21)24-9-11-35(12-10-24)18-26-19-36(29(32(38)39)15-23-5-3-6-23)20-28(26)25-7-4-8-27(33)16-25/h4,7-8,13-14,16-17,23-24,26,28-29H,3,5-6,9-12,15,18-20H2,1-2H3,(H,38,39)/t26-,28+,29+/m0/s1. The van der Waals surface area contributed by atoms with Crippen LogP contribution >= 0.6 is 0 Å². The summed E-state index contributed by atoms with van der Waals surface area (Å²) in [6.45, 7) is 8.68. The van der Waals surface area contributed by atoms with Gasteiger partial charge in [-0.1, -0.05) is 31.4 Å². The highest BCUT2D eigenvalue weighted by Gasteiger charge is 2.41. The van der Waals surface area contributed by atoms with Crippen molar-refractivity contribution >= 4 is 11.6 Å². The van der Waals surface area contributed by atoms with E-state index < -0.39 is 12.0 Å². The third-order valence-electron chi connectivity index (χ3n) is 9.71. The average Bonchev–Trinajstić information content (AvgIpc) is 3.48. The molecular weight excluding hydrogens is 491 g/mol. The Morgan fingerprint density at radius 2 is 1.90 bits per heavy atom. The largest absolute Gasteiger partial charge is 0.480 e. The summed E-state index contributed by atoms with van der Waals surface area (Å²) in [6.07, 6.45) is 8.48. The predicted molar refractivity (Wildman–Crippen MR) is 151 cm³/mol. The van der Waals surface area contributed by atoms with E-state index in [2.05, 4.69) is 46.4 Å². The molecule has 1 aromatic carbocycles. The lowest BCUT2D eigenvalue weighted by atomic mass is 9.80. The molecule has 6 rings (SSSR count). The van der Waals surface area contributed by atoms with E-state index in [9.17, 15) is 14.3 Å². The molecule has 0 bridgehead atoms. The molecule has 0 amide bonds. The van der Waals surface area contributed by atoms with E-state index in [1.54, 1.807) is 12.1 Å². The second-order valence-corrected chi connectivity index (χ2v) is 12.4. The summed E-state index contributed by atoms with van der Waals surface area (Å²) >= 11 is 0. The van der Waals surface area contributed by atoms with Gasteiger partial charge in [0.05, 0.1) is 0 Å². The van der Waals surface area contributed by atoms with Crippen LogP contribution in [0.4, 0.5) is 4.39 Å². The van der Waals surface area contributed by atoms with E-state index in [0.717, 1.165) is 69.5 Å². The summed E-state index contributed by atoms with van der Waals surface area (Å²) in [4.78, 5) is 21.8. The van der Waals surface area contributed by atoms with Gasteiger partial charge in [-0.3, -0.25) is 9.69 Å². The molecule has 0 spiro atoms. The third kappa shape index (κ3) is 5.48. The topological polar surface area (TPSA) is 61.1 Å². The molecule has 2 aliphatic heterocycles. The van der Waals surface area contributed by atoms with Gasteiger partial charge < -0.3 is 14.4 Å². The Morgan fingerprint density at radius 3 is 2.59 bits per heavy atom. The Labute approximate surface area is 230 Å². The molecule has 7 heteroatoms. The second kappa shape index (κ2) is 11.0. The van der Waals surface area contributed by atoms with Gasteiger partial charge in [-0.15, -0.1) is 0 Å². The van der Waals surface area contributed by atoms with Crippen molar-refractivity contribution in [3.63, 3.8) is 0 Å². The zero-order valence-corrected chi connectivity index (χ0v) is 23.2. The predicted octanol–water partition coefficient (Wildman–Crippen LogP) is 5.63. The SMILES string of the molecule is Cc1cc(C)n2c(C3CCN(C[C@H]4CN([C@H](CC5CCC5)C(=O)O)C[C@@H]4c4cccc(F)c4)CC3)cnc2c1. The lowest BCUT2D eigenvalue weighted by Crippen LogP contribution is -2.43. The van der Waals surface area contributed by atoms with Crippen molar-refractivity contribution in [3.05, 3.63) is 70.9 Å². The number of nitrogens with zero attached hydrogens (tertiary/aromatic N) is 4. The Hall–Kier alpha value is -2.77. The van der Waals surface area contributed by atoms with Crippen LogP contribution in [0, 0.1) is 31.5 Å². The van der Waals surface area contributed by atoms with Crippen LogP contribution in [0.5, 0.6) is 0 Å². The number of hydrogen-bond donors (Lipinski definition) is 1. The number of halogens is 1. The summed E-state index contributed by atoms with van der Waals surface area (Å²) < 4.78 is 16.5. The van der Waals surface area contributed by atoms with E-state index in [4.69, 9.17) is 4.98 Å². The summed E-state index contributed by atoms with van der Waals surface area (Å²) in [5.41, 5.74) is 5.82. The number of carboxylic acid groups (broad SMARTS) is 1.